The van der Waals surface area contributed by atoms with E-state index in [2.05, 4.69) is 23.7 Å². The second-order valence-corrected chi connectivity index (χ2v) is 7.36. The summed E-state index contributed by atoms with van der Waals surface area (Å²) in [5.74, 6) is 2.13. The fourth-order valence-electron chi connectivity index (χ4n) is 2.04. The van der Waals surface area contributed by atoms with Gasteiger partial charge in [-0.05, 0) is 18.6 Å². The van der Waals surface area contributed by atoms with Gasteiger partial charge >= 0.3 is 0 Å². The average Bonchev–Trinajstić information content (AvgIpc) is 2.51. The van der Waals surface area contributed by atoms with Crippen LogP contribution in [0.4, 0.5) is 5.82 Å². The standard InChI is InChI=1S/C13H20ClN3S/c1-13(2)5-6-17(7-8-18-13)12-4-3-10(14)11(9-15)16-12/h3-4H,5-9,15H2,1-2H3. The van der Waals surface area contributed by atoms with Gasteiger partial charge in [0.15, 0.2) is 0 Å². The molecule has 1 aromatic rings. The van der Waals surface area contributed by atoms with E-state index in [0.717, 1.165) is 30.4 Å². The van der Waals surface area contributed by atoms with Gasteiger partial charge in [0.25, 0.3) is 0 Å². The molecule has 2 heterocycles. The summed E-state index contributed by atoms with van der Waals surface area (Å²) >= 11 is 8.08. The van der Waals surface area contributed by atoms with Crippen molar-refractivity contribution in [2.45, 2.75) is 31.6 Å². The third kappa shape index (κ3) is 3.31. The molecule has 2 N–H and O–H groups in total. The molecule has 0 saturated carbocycles. The maximum atomic E-state index is 6.05. The van der Waals surface area contributed by atoms with Crippen molar-refractivity contribution in [2.75, 3.05) is 23.7 Å². The minimum atomic E-state index is 0.359. The first kappa shape index (κ1) is 14.0. The van der Waals surface area contributed by atoms with Crippen LogP contribution >= 0.6 is 23.4 Å². The zero-order valence-corrected chi connectivity index (χ0v) is 12.5. The molecule has 0 aromatic carbocycles. The van der Waals surface area contributed by atoms with E-state index in [1.54, 1.807) is 0 Å². The van der Waals surface area contributed by atoms with Gasteiger partial charge in [0.1, 0.15) is 5.82 Å². The fraction of sp³-hybridized carbons (Fsp3) is 0.615. The summed E-state index contributed by atoms with van der Waals surface area (Å²) in [6.07, 6.45) is 1.17. The van der Waals surface area contributed by atoms with Gasteiger partial charge in [-0.25, -0.2) is 4.98 Å². The van der Waals surface area contributed by atoms with E-state index in [4.69, 9.17) is 17.3 Å². The van der Waals surface area contributed by atoms with Crippen LogP contribution in [0.25, 0.3) is 0 Å². The molecule has 1 fully saturated rings. The Hall–Kier alpha value is -0.450. The lowest BCUT2D eigenvalue weighted by Crippen LogP contribution is -2.28. The lowest BCUT2D eigenvalue weighted by molar-refractivity contribution is 0.634. The van der Waals surface area contributed by atoms with Crippen LogP contribution in [0.2, 0.25) is 5.02 Å². The first-order valence-electron chi connectivity index (χ1n) is 6.26. The van der Waals surface area contributed by atoms with E-state index in [-0.39, 0.29) is 0 Å². The van der Waals surface area contributed by atoms with Crippen LogP contribution in [-0.4, -0.2) is 28.6 Å². The Bertz CT molecular complexity index is 423. The van der Waals surface area contributed by atoms with Gasteiger partial charge < -0.3 is 10.6 Å². The van der Waals surface area contributed by atoms with E-state index >= 15 is 0 Å². The summed E-state index contributed by atoms with van der Waals surface area (Å²) in [5, 5.41) is 0.658. The zero-order chi connectivity index (χ0) is 13.2. The molecule has 100 valence electrons. The Morgan fingerprint density at radius 2 is 2.22 bits per heavy atom. The summed E-state index contributed by atoms with van der Waals surface area (Å²) in [4.78, 5) is 6.89. The Labute approximate surface area is 118 Å². The second kappa shape index (κ2) is 5.68. The molecule has 1 aliphatic rings. The van der Waals surface area contributed by atoms with Gasteiger partial charge in [0, 0.05) is 30.1 Å². The SMILES string of the molecule is CC1(C)CCN(c2ccc(Cl)c(CN)n2)CCS1. The molecule has 0 aliphatic carbocycles. The summed E-state index contributed by atoms with van der Waals surface area (Å²) < 4.78 is 0.359. The largest absolute Gasteiger partial charge is 0.356 e. The number of hydrogen-bond donors (Lipinski definition) is 1. The first-order valence-corrected chi connectivity index (χ1v) is 7.62. The Balaban J connectivity index is 2.16. The number of thioether (sulfide) groups is 1. The monoisotopic (exact) mass is 285 g/mol. The summed E-state index contributed by atoms with van der Waals surface area (Å²) in [7, 11) is 0. The molecule has 0 bridgehead atoms. The van der Waals surface area contributed by atoms with E-state index < -0.39 is 0 Å². The van der Waals surface area contributed by atoms with E-state index in [0.29, 0.717) is 16.3 Å². The molecule has 5 heteroatoms. The maximum Gasteiger partial charge on any atom is 0.128 e. The van der Waals surface area contributed by atoms with Crippen LogP contribution in [0, 0.1) is 0 Å². The van der Waals surface area contributed by atoms with Crippen molar-refractivity contribution in [1.82, 2.24) is 4.98 Å². The van der Waals surface area contributed by atoms with Gasteiger partial charge in [-0.2, -0.15) is 11.8 Å². The highest BCUT2D eigenvalue weighted by Crippen LogP contribution is 2.32. The summed E-state index contributed by atoms with van der Waals surface area (Å²) in [5.41, 5.74) is 6.44. The fourth-order valence-corrected chi connectivity index (χ4v) is 3.32. The number of halogens is 1. The lowest BCUT2D eigenvalue weighted by Gasteiger charge is -2.23. The van der Waals surface area contributed by atoms with Crippen molar-refractivity contribution < 1.29 is 0 Å². The highest BCUT2D eigenvalue weighted by Gasteiger charge is 2.24. The molecule has 3 nitrogen and oxygen atoms in total. The number of anilines is 1. The number of rotatable bonds is 2. The van der Waals surface area contributed by atoms with Crippen LogP contribution in [0.15, 0.2) is 12.1 Å². The van der Waals surface area contributed by atoms with E-state index in [1.807, 2.05) is 23.9 Å². The molecule has 0 spiro atoms. The van der Waals surface area contributed by atoms with Crippen LogP contribution in [0.1, 0.15) is 26.0 Å². The Kier molecular flexibility index (Phi) is 4.41. The van der Waals surface area contributed by atoms with Gasteiger partial charge in [-0.1, -0.05) is 25.4 Å². The molecule has 0 atom stereocenters. The number of pyridine rings is 1. The Morgan fingerprint density at radius 3 is 2.94 bits per heavy atom. The number of hydrogen-bond acceptors (Lipinski definition) is 4. The normalized spacial score (nSPS) is 19.7. The molecule has 0 radical (unpaired) electrons. The molecule has 1 saturated heterocycles. The summed E-state index contributed by atoms with van der Waals surface area (Å²) in [6.45, 7) is 7.08. The highest BCUT2D eigenvalue weighted by molar-refractivity contribution is 8.00. The lowest BCUT2D eigenvalue weighted by atomic mass is 10.1. The minimum Gasteiger partial charge on any atom is -0.356 e. The maximum absolute atomic E-state index is 6.05. The van der Waals surface area contributed by atoms with Gasteiger partial charge in [0.2, 0.25) is 0 Å². The summed E-state index contributed by atoms with van der Waals surface area (Å²) in [6, 6.07) is 3.89. The topological polar surface area (TPSA) is 42.1 Å². The predicted molar refractivity (Wildman–Crippen MR) is 80.5 cm³/mol. The molecular weight excluding hydrogens is 266 g/mol. The van der Waals surface area contributed by atoms with E-state index in [9.17, 15) is 0 Å². The van der Waals surface area contributed by atoms with Gasteiger partial charge in [-0.3, -0.25) is 0 Å². The third-order valence-corrected chi connectivity index (χ3v) is 4.98. The predicted octanol–water partition coefficient (Wildman–Crippen LogP) is 2.92. The zero-order valence-electron chi connectivity index (χ0n) is 10.9. The number of nitrogens with zero attached hydrogens (tertiary/aromatic N) is 2. The quantitative estimate of drug-likeness (QED) is 0.907. The molecule has 0 amide bonds. The van der Waals surface area contributed by atoms with Crippen LogP contribution in [-0.2, 0) is 6.54 Å². The van der Waals surface area contributed by atoms with Crippen LogP contribution in [0.3, 0.4) is 0 Å². The molecule has 18 heavy (non-hydrogen) atoms. The van der Waals surface area contributed by atoms with Crippen molar-refractivity contribution in [3.63, 3.8) is 0 Å². The molecule has 0 unspecified atom stereocenters. The number of nitrogens with two attached hydrogens (primary N) is 1. The highest BCUT2D eigenvalue weighted by atomic mass is 35.5. The van der Waals surface area contributed by atoms with Gasteiger partial charge in [-0.15, -0.1) is 0 Å². The first-order chi connectivity index (χ1) is 8.52. The molecule has 2 rings (SSSR count). The molecule has 1 aliphatic heterocycles. The average molecular weight is 286 g/mol. The van der Waals surface area contributed by atoms with Crippen molar-refractivity contribution in [3.8, 4) is 0 Å². The Morgan fingerprint density at radius 1 is 1.44 bits per heavy atom. The third-order valence-electron chi connectivity index (χ3n) is 3.26. The van der Waals surface area contributed by atoms with Crippen molar-refractivity contribution >= 4 is 29.2 Å². The van der Waals surface area contributed by atoms with Crippen LogP contribution < -0.4 is 10.6 Å². The van der Waals surface area contributed by atoms with Crippen LogP contribution in [0.5, 0.6) is 0 Å². The molecule has 1 aromatic heterocycles. The van der Waals surface area contributed by atoms with Crippen molar-refractivity contribution in [1.29, 1.82) is 0 Å². The number of aromatic nitrogens is 1. The minimum absolute atomic E-state index is 0.359. The molecular formula is C13H20ClN3S. The second-order valence-electron chi connectivity index (χ2n) is 5.15. The van der Waals surface area contributed by atoms with E-state index in [1.165, 1.54) is 6.42 Å². The smallest absolute Gasteiger partial charge is 0.128 e. The van der Waals surface area contributed by atoms with Crippen molar-refractivity contribution in [3.05, 3.63) is 22.8 Å². The van der Waals surface area contributed by atoms with Gasteiger partial charge in [0.05, 0.1) is 10.7 Å². The van der Waals surface area contributed by atoms with Crippen molar-refractivity contribution in [2.24, 2.45) is 5.73 Å².